The molecule has 0 aliphatic carbocycles. The number of benzene rings is 1. The normalized spacial score (nSPS) is 18.6. The molecule has 15 nitrogen and oxygen atoms in total. The van der Waals surface area contributed by atoms with E-state index < -0.39 is 60.2 Å². The minimum Gasteiger partial charge on any atom is -0.480 e. The van der Waals surface area contributed by atoms with Gasteiger partial charge in [0.05, 0.1) is 55.9 Å². The molecule has 0 radical (unpaired) electrons. The van der Waals surface area contributed by atoms with Crippen LogP contribution in [-0.4, -0.2) is 153 Å². The Balaban J connectivity index is 2.26. The predicted molar refractivity (Wildman–Crippen MR) is 224 cm³/mol. The smallest absolute Gasteiger partial charge is 0.326 e. The van der Waals surface area contributed by atoms with Crippen LogP contribution in [0.2, 0.25) is 0 Å². The molecular weight excluding hydrogens is 745 g/mol. The highest BCUT2D eigenvalue weighted by molar-refractivity contribution is 5.90. The number of ether oxygens (including phenoxy) is 3. The number of hydrogen-bond donors (Lipinski definition) is 4. The number of carbonyl (C=O) groups excluding carboxylic acids is 4. The van der Waals surface area contributed by atoms with Gasteiger partial charge in [-0.3, -0.25) is 24.1 Å². The van der Waals surface area contributed by atoms with Crippen LogP contribution in [0.3, 0.4) is 0 Å². The number of likely N-dealkylation sites (tertiary alicyclic amines) is 1. The third kappa shape index (κ3) is 14.3. The van der Waals surface area contributed by atoms with Gasteiger partial charge in [0, 0.05) is 47.3 Å². The third-order valence-electron chi connectivity index (χ3n) is 11.6. The summed E-state index contributed by atoms with van der Waals surface area (Å²) in [6.45, 7) is 15.7. The van der Waals surface area contributed by atoms with E-state index >= 15 is 0 Å². The number of nitrogens with two attached hydrogens (primary N) is 1. The predicted octanol–water partition coefficient (Wildman–Crippen LogP) is 2.79. The number of aliphatic carboxylic acids is 1. The summed E-state index contributed by atoms with van der Waals surface area (Å²) in [7, 11) is 6.60. The average Bonchev–Trinajstić information content (AvgIpc) is 3.67. The molecule has 9 atom stereocenters. The summed E-state index contributed by atoms with van der Waals surface area (Å²) in [6, 6.07) is 5.69. The Kier molecular flexibility index (Phi) is 21.9. The van der Waals surface area contributed by atoms with Crippen LogP contribution in [0, 0.1) is 23.7 Å². The molecule has 4 amide bonds. The second kappa shape index (κ2) is 25.1. The van der Waals surface area contributed by atoms with Crippen molar-refractivity contribution in [1.29, 1.82) is 0 Å². The molecule has 0 saturated carbocycles. The summed E-state index contributed by atoms with van der Waals surface area (Å²) >= 11 is 0. The number of carboxylic acids is 1. The van der Waals surface area contributed by atoms with Crippen LogP contribution in [0.4, 0.5) is 0 Å². The van der Waals surface area contributed by atoms with E-state index in [-0.39, 0.29) is 48.3 Å². The lowest BCUT2D eigenvalue weighted by Gasteiger charge is -2.41. The number of nitrogens with one attached hydrogen (secondary N) is 2. The molecule has 15 heteroatoms. The second-order valence-corrected chi connectivity index (χ2v) is 16.5. The summed E-state index contributed by atoms with van der Waals surface area (Å²) in [5.41, 5.74) is 6.33. The first-order valence-corrected chi connectivity index (χ1v) is 20.9. The monoisotopic (exact) mass is 819 g/mol. The van der Waals surface area contributed by atoms with E-state index in [0.717, 1.165) is 5.56 Å². The van der Waals surface area contributed by atoms with Gasteiger partial charge < -0.3 is 45.5 Å². The summed E-state index contributed by atoms with van der Waals surface area (Å²) in [4.78, 5) is 73.5. The Morgan fingerprint density at radius 2 is 1.59 bits per heavy atom. The fourth-order valence-electron chi connectivity index (χ4n) is 8.18. The maximum atomic E-state index is 14.4. The van der Waals surface area contributed by atoms with Gasteiger partial charge >= 0.3 is 5.97 Å². The molecule has 58 heavy (non-hydrogen) atoms. The number of likely N-dealkylation sites (N-methyl/N-ethyl adjacent to an activating group) is 2. The number of hydrogen-bond acceptors (Lipinski definition) is 10. The molecule has 1 heterocycles. The molecule has 0 unspecified atom stereocenters. The van der Waals surface area contributed by atoms with E-state index in [4.69, 9.17) is 19.9 Å². The van der Waals surface area contributed by atoms with Gasteiger partial charge in [0.1, 0.15) is 12.1 Å². The van der Waals surface area contributed by atoms with Crippen molar-refractivity contribution in [3.05, 3.63) is 35.9 Å². The van der Waals surface area contributed by atoms with Gasteiger partial charge in [0.25, 0.3) is 0 Å². The summed E-state index contributed by atoms with van der Waals surface area (Å²) in [6.07, 6.45) is 0.718. The molecule has 1 aliphatic rings. The average molecular weight is 819 g/mol. The highest BCUT2D eigenvalue weighted by Crippen LogP contribution is 2.30. The molecule has 5 N–H and O–H groups in total. The van der Waals surface area contributed by atoms with Crippen molar-refractivity contribution in [2.75, 3.05) is 61.2 Å². The standard InChI is InChI=1S/C43H74N6O9/c1-12-29(6)38(48(9)42(53)36(27(2)3)46-41(52)37(28(4)5)47(8)22-24-58-23-20-44)34(56-10)26-35(50)49-21-16-19-33(49)39(57-11)30(7)40(51)45-32(43(54)55)25-31-17-14-13-15-18-31/h13-15,17-18,27-30,32-34,36-39H,12,16,19-26,44H2,1-11H3,(H,45,51)(H,46,52)(H,54,55)/t29-,30+,32-,33-,34+,36-,37-,38-,39+/m0/s1. The maximum absolute atomic E-state index is 14.4. The molecule has 2 rings (SSSR count). The van der Waals surface area contributed by atoms with E-state index in [1.54, 1.807) is 23.8 Å². The Morgan fingerprint density at radius 3 is 2.12 bits per heavy atom. The molecule has 1 fully saturated rings. The highest BCUT2D eigenvalue weighted by atomic mass is 16.5. The van der Waals surface area contributed by atoms with Gasteiger partial charge in [-0.1, -0.05) is 85.2 Å². The van der Waals surface area contributed by atoms with E-state index in [1.165, 1.54) is 14.2 Å². The van der Waals surface area contributed by atoms with Gasteiger partial charge in [-0.05, 0) is 43.2 Å². The first kappa shape index (κ1) is 50.5. The van der Waals surface area contributed by atoms with Gasteiger partial charge in [-0.2, -0.15) is 0 Å². The number of nitrogens with zero attached hydrogens (tertiary/aromatic N) is 3. The summed E-state index contributed by atoms with van der Waals surface area (Å²) in [5.74, 6) is -3.44. The molecule has 1 aromatic rings. The third-order valence-corrected chi connectivity index (χ3v) is 11.6. The Bertz CT molecular complexity index is 1430. The van der Waals surface area contributed by atoms with E-state index in [1.807, 2.05) is 83.8 Å². The molecule has 1 saturated heterocycles. The van der Waals surface area contributed by atoms with Crippen LogP contribution < -0.4 is 16.4 Å². The van der Waals surface area contributed by atoms with Crippen molar-refractivity contribution < 1.29 is 43.3 Å². The number of rotatable bonds is 26. The van der Waals surface area contributed by atoms with Crippen molar-refractivity contribution in [3.8, 4) is 0 Å². The lowest BCUT2D eigenvalue weighted by Crippen LogP contribution is -2.60. The van der Waals surface area contributed by atoms with Crippen LogP contribution >= 0.6 is 0 Å². The number of methoxy groups -OCH3 is 2. The molecule has 330 valence electrons. The molecule has 1 aromatic carbocycles. The zero-order chi connectivity index (χ0) is 43.7. The second-order valence-electron chi connectivity index (χ2n) is 16.5. The summed E-state index contributed by atoms with van der Waals surface area (Å²) < 4.78 is 17.5. The Hall–Kier alpha value is -3.63. The molecule has 0 bridgehead atoms. The topological polar surface area (TPSA) is 193 Å². The molecular formula is C43H74N6O9. The Labute approximate surface area is 347 Å². The quantitative estimate of drug-likeness (QED) is 0.101. The molecule has 0 spiro atoms. The fraction of sp³-hybridized carbons (Fsp3) is 0.744. The summed E-state index contributed by atoms with van der Waals surface area (Å²) in [5, 5.41) is 15.7. The number of carboxylic acid groups (broad SMARTS) is 1. The van der Waals surface area contributed by atoms with Crippen LogP contribution in [0.5, 0.6) is 0 Å². The molecule has 1 aliphatic heterocycles. The largest absolute Gasteiger partial charge is 0.480 e. The van der Waals surface area contributed by atoms with Crippen LogP contribution in [0.1, 0.15) is 79.7 Å². The number of amides is 4. The van der Waals surface area contributed by atoms with Crippen LogP contribution in [0.25, 0.3) is 0 Å². The SMILES string of the molecule is CC[C@H](C)[C@@H]([C@@H](CC(=O)N1CCC[C@H]1[C@H](OC)[C@@H](C)C(=O)N[C@@H](Cc1ccccc1)C(=O)O)OC)N(C)C(=O)[C@@H](NC(=O)[C@H](C(C)C)N(C)CCOCCN)C(C)C. The Morgan fingerprint density at radius 1 is 0.931 bits per heavy atom. The minimum absolute atomic E-state index is 0.0278. The van der Waals surface area contributed by atoms with Crippen molar-refractivity contribution in [1.82, 2.24) is 25.3 Å². The van der Waals surface area contributed by atoms with Crippen LogP contribution in [-0.2, 0) is 44.6 Å². The van der Waals surface area contributed by atoms with Crippen LogP contribution in [0.15, 0.2) is 30.3 Å². The fourth-order valence-corrected chi connectivity index (χ4v) is 8.18. The highest BCUT2D eigenvalue weighted by Gasteiger charge is 2.43. The van der Waals surface area contributed by atoms with Crippen molar-refractivity contribution in [2.45, 2.75) is 123 Å². The molecule has 0 aromatic heterocycles. The maximum Gasteiger partial charge on any atom is 0.326 e. The van der Waals surface area contributed by atoms with Gasteiger partial charge in [0.2, 0.25) is 23.6 Å². The van der Waals surface area contributed by atoms with Gasteiger partial charge in [0.15, 0.2) is 0 Å². The minimum atomic E-state index is -1.14. The van der Waals surface area contributed by atoms with Crippen molar-refractivity contribution in [2.24, 2.45) is 29.4 Å². The van der Waals surface area contributed by atoms with Gasteiger partial charge in [-0.15, -0.1) is 0 Å². The first-order chi connectivity index (χ1) is 27.4. The zero-order valence-corrected chi connectivity index (χ0v) is 36.9. The van der Waals surface area contributed by atoms with Gasteiger partial charge in [-0.25, -0.2) is 4.79 Å². The first-order valence-electron chi connectivity index (χ1n) is 20.9. The van der Waals surface area contributed by atoms with E-state index in [2.05, 4.69) is 10.6 Å². The lowest BCUT2D eigenvalue weighted by atomic mass is 9.89. The van der Waals surface area contributed by atoms with Crippen molar-refractivity contribution in [3.63, 3.8) is 0 Å². The number of carbonyl (C=O) groups is 5. The van der Waals surface area contributed by atoms with Crippen molar-refractivity contribution >= 4 is 29.6 Å². The zero-order valence-electron chi connectivity index (χ0n) is 36.9. The lowest BCUT2D eigenvalue weighted by molar-refractivity contribution is -0.148. The van der Waals surface area contributed by atoms with E-state index in [9.17, 15) is 29.1 Å². The van der Waals surface area contributed by atoms with E-state index in [0.29, 0.717) is 52.1 Å².